The zero-order valence-electron chi connectivity index (χ0n) is 48.2. The van der Waals surface area contributed by atoms with E-state index < -0.39 is 132 Å². The summed E-state index contributed by atoms with van der Waals surface area (Å²) < 4.78 is 130. The molecule has 14 rings (SSSR count). The van der Waals surface area contributed by atoms with Crippen molar-refractivity contribution in [2.24, 2.45) is 35.5 Å². The Morgan fingerprint density at radius 1 is 0.562 bits per heavy atom. The number of carbonyl (C=O) groups excluding carboxylic acids is 5. The Bertz CT molecular complexity index is 2210. The molecule has 6 heterocycles. The second-order valence-corrected chi connectivity index (χ2v) is 24.4. The molecule has 80 heavy (non-hydrogen) atoms. The molecule has 8 bridgehead atoms. The van der Waals surface area contributed by atoms with Gasteiger partial charge in [0.1, 0.15) is 23.4 Å². The van der Waals surface area contributed by atoms with Crippen LogP contribution < -0.4 is 9.80 Å². The summed E-state index contributed by atoms with van der Waals surface area (Å²) in [5, 5.41) is 0. The van der Waals surface area contributed by atoms with E-state index in [0.717, 1.165) is 25.7 Å². The highest BCUT2D eigenvalue weighted by Gasteiger charge is 2.76. The molecule has 15 atom stereocenters. The molecule has 2 spiro atoms. The van der Waals surface area contributed by atoms with Crippen LogP contribution in [0.5, 0.6) is 0 Å². The Balaban J connectivity index is 0.000000157. The number of fused-ring (bicyclic) bond motifs is 6. The highest BCUT2D eigenvalue weighted by molar-refractivity contribution is 5.82. The normalized spacial score (nSPS) is 42.9. The fourth-order valence-corrected chi connectivity index (χ4v) is 15.7. The van der Waals surface area contributed by atoms with E-state index in [0.29, 0.717) is 59.0 Å². The van der Waals surface area contributed by atoms with E-state index in [9.17, 15) is 41.5 Å². The van der Waals surface area contributed by atoms with Gasteiger partial charge in [0, 0.05) is 51.0 Å². The van der Waals surface area contributed by atoms with E-state index in [4.69, 9.17) is 61.6 Å². The van der Waals surface area contributed by atoms with Crippen molar-refractivity contribution >= 4 is 29.8 Å². The van der Waals surface area contributed by atoms with Crippen molar-refractivity contribution in [1.29, 1.82) is 0 Å². The summed E-state index contributed by atoms with van der Waals surface area (Å²) in [6.07, 6.45) is -2.63. The minimum atomic E-state index is -3.55. The summed E-state index contributed by atoms with van der Waals surface area (Å²) >= 11 is 0. The number of hydrogen-bond donors (Lipinski definition) is 2. The Morgan fingerprint density at radius 2 is 0.925 bits per heavy atom. The van der Waals surface area contributed by atoms with E-state index in [1.807, 2.05) is 6.92 Å². The second-order valence-electron chi connectivity index (χ2n) is 24.4. The lowest BCUT2D eigenvalue weighted by molar-refractivity contribution is -0.894. The predicted octanol–water partition coefficient (Wildman–Crippen LogP) is 3.61. The van der Waals surface area contributed by atoms with Gasteiger partial charge < -0.3 is 71.4 Å². The first-order valence-corrected chi connectivity index (χ1v) is 29.5. The SMILES string of the molecule is CC(=O)OC1C(=O)OC2C3OC4(OC3OC12)C1CC2CC4CC(OC(=O)C(C)(F)F)(C2)C1.CCOC(C)OC1C(=O)OC2C3OC4(OC3OC12)C1CC2CC4CC(OC(=O)C(C)(F)F)(C2)C1.CC[NH+](CC)CC.CC[NH+](CC)CC. The minimum absolute atomic E-state index is 0.133. The topological polar surface area (TPSA) is 214 Å². The van der Waals surface area contributed by atoms with Crippen LogP contribution in [-0.4, -0.2) is 178 Å². The average Bonchev–Trinajstić information content (AvgIpc) is 3.45. The number of halogens is 4. The number of carbonyl (C=O) groups is 5. The fourth-order valence-electron chi connectivity index (χ4n) is 15.7. The molecule has 6 aliphatic heterocycles. The zero-order valence-corrected chi connectivity index (χ0v) is 48.2. The van der Waals surface area contributed by atoms with Gasteiger partial charge in [-0.1, -0.05) is 0 Å². The summed E-state index contributed by atoms with van der Waals surface area (Å²) in [7, 11) is 0. The highest BCUT2D eigenvalue weighted by Crippen LogP contribution is 2.67. The monoisotopic (exact) mass is 1150 g/mol. The molecule has 8 aliphatic carbocycles. The third kappa shape index (κ3) is 11.5. The number of alkyl halides is 4. The minimum Gasteiger partial charge on any atom is -0.455 e. The number of ether oxygens (including phenoxy) is 13. The lowest BCUT2D eigenvalue weighted by Crippen LogP contribution is -3.11. The quantitative estimate of drug-likeness (QED) is 0.104. The average molecular weight is 1150 g/mol. The summed E-state index contributed by atoms with van der Waals surface area (Å²) in [5.41, 5.74) is -1.85. The first-order chi connectivity index (χ1) is 37.7. The van der Waals surface area contributed by atoms with Crippen molar-refractivity contribution in [2.45, 2.75) is 243 Å². The number of rotatable bonds is 15. The molecule has 6 saturated heterocycles. The van der Waals surface area contributed by atoms with E-state index in [-0.39, 0.29) is 35.5 Å². The molecule has 24 heteroatoms. The van der Waals surface area contributed by atoms with Crippen LogP contribution in [0.2, 0.25) is 0 Å². The Labute approximate surface area is 465 Å². The molecular formula is C56H86F4N2O18+2. The molecule has 8 saturated carbocycles. The van der Waals surface area contributed by atoms with Crippen molar-refractivity contribution < 1.29 is 113 Å². The van der Waals surface area contributed by atoms with E-state index in [1.54, 1.807) is 16.7 Å². The van der Waals surface area contributed by atoms with Gasteiger partial charge in [-0.05, 0) is 131 Å². The highest BCUT2D eigenvalue weighted by atomic mass is 19.3. The third-order valence-corrected chi connectivity index (χ3v) is 19.1. The van der Waals surface area contributed by atoms with Crippen LogP contribution in [-0.2, 0) is 85.6 Å². The molecule has 14 aliphatic rings. The third-order valence-electron chi connectivity index (χ3n) is 19.1. The van der Waals surface area contributed by atoms with Gasteiger partial charge in [-0.2, -0.15) is 17.6 Å². The molecule has 2 N–H and O–H groups in total. The van der Waals surface area contributed by atoms with Crippen molar-refractivity contribution in [3.8, 4) is 0 Å². The van der Waals surface area contributed by atoms with Crippen LogP contribution in [0.3, 0.4) is 0 Å². The number of hydrogen-bond acceptors (Lipinski definition) is 18. The molecule has 15 unspecified atom stereocenters. The lowest BCUT2D eigenvalue weighted by Gasteiger charge is -2.62. The van der Waals surface area contributed by atoms with Crippen LogP contribution in [0.4, 0.5) is 17.6 Å². The number of esters is 5. The van der Waals surface area contributed by atoms with Crippen LogP contribution in [0, 0.1) is 35.5 Å². The smallest absolute Gasteiger partial charge is 0.377 e. The van der Waals surface area contributed by atoms with Crippen molar-refractivity contribution in [2.75, 3.05) is 45.9 Å². The molecule has 0 aromatic heterocycles. The molecule has 20 nitrogen and oxygen atoms in total. The van der Waals surface area contributed by atoms with Gasteiger partial charge in [0.15, 0.2) is 61.0 Å². The van der Waals surface area contributed by atoms with Crippen LogP contribution in [0.25, 0.3) is 0 Å². The van der Waals surface area contributed by atoms with E-state index in [1.165, 1.54) is 46.2 Å². The van der Waals surface area contributed by atoms with Crippen LogP contribution >= 0.6 is 0 Å². The van der Waals surface area contributed by atoms with Crippen molar-refractivity contribution in [1.82, 2.24) is 0 Å². The van der Waals surface area contributed by atoms with Gasteiger partial charge in [0.25, 0.3) is 0 Å². The fraction of sp³-hybridized carbons (Fsp3) is 0.911. The van der Waals surface area contributed by atoms with Gasteiger partial charge in [0.2, 0.25) is 6.10 Å². The largest absolute Gasteiger partial charge is 0.455 e. The van der Waals surface area contributed by atoms with E-state index >= 15 is 0 Å². The van der Waals surface area contributed by atoms with Gasteiger partial charge in [-0.3, -0.25) is 4.79 Å². The maximum absolute atomic E-state index is 13.6. The summed E-state index contributed by atoms with van der Waals surface area (Å²) in [5.74, 6) is -14.0. The van der Waals surface area contributed by atoms with Crippen LogP contribution in [0.1, 0.15) is 140 Å². The summed E-state index contributed by atoms with van der Waals surface area (Å²) in [6, 6.07) is 0. The van der Waals surface area contributed by atoms with Crippen molar-refractivity contribution in [3.63, 3.8) is 0 Å². The molecule has 0 amide bonds. The Hall–Kier alpha value is -3.33. The van der Waals surface area contributed by atoms with Crippen molar-refractivity contribution in [3.05, 3.63) is 0 Å². The Kier molecular flexibility index (Phi) is 17.8. The zero-order chi connectivity index (χ0) is 58.1. The molecule has 0 radical (unpaired) electrons. The first-order valence-electron chi connectivity index (χ1n) is 29.5. The van der Waals surface area contributed by atoms with Gasteiger partial charge >= 0.3 is 41.7 Å². The molecule has 14 fully saturated rings. The predicted molar refractivity (Wildman–Crippen MR) is 267 cm³/mol. The van der Waals surface area contributed by atoms with Gasteiger partial charge in [-0.15, -0.1) is 0 Å². The number of nitrogens with one attached hydrogen (secondary N) is 2. The second kappa shape index (κ2) is 23.3. The standard InChI is InChI=1S/C23H30F2O9.C21H24F2O9.2C6H15N/c1-4-28-10(2)29-16-14-15(30-18(16)26)17-19(31-14)33-23(32-17)12-5-11-6-13(23)9-22(7-11,8-12)34-20(27)21(3,24)25;1-8(24)27-14-12-13(28-16(14)25)15-17(29-12)31-21(30-15)10-3-9-4-11(21)7-20(5-9,6-10)32-18(26)19(2,22)23;2*1-4-7(5-2)6-3/h10-17,19H,4-9H2,1-3H3;9-15,17H,3-7H2,1-2H3;2*4-6H2,1-3H3/p+2. The summed E-state index contributed by atoms with van der Waals surface area (Å²) in [4.78, 5) is 63.3. The maximum atomic E-state index is 13.6. The molecule has 0 aromatic carbocycles. The summed E-state index contributed by atoms with van der Waals surface area (Å²) in [6.45, 7) is 27.2. The maximum Gasteiger partial charge on any atom is 0.377 e. The molecular weight excluding hydrogens is 1060 g/mol. The van der Waals surface area contributed by atoms with Gasteiger partial charge in [-0.25, -0.2) is 19.2 Å². The molecule has 0 aromatic rings. The van der Waals surface area contributed by atoms with Gasteiger partial charge in [0.05, 0.1) is 39.3 Å². The Morgan fingerprint density at radius 3 is 1.25 bits per heavy atom. The number of quaternary nitrogens is 2. The van der Waals surface area contributed by atoms with E-state index in [2.05, 4.69) is 41.5 Å². The lowest BCUT2D eigenvalue weighted by atomic mass is 9.51. The van der Waals surface area contributed by atoms with Crippen LogP contribution in [0.15, 0.2) is 0 Å². The first kappa shape index (κ1) is 61.2. The molecule has 454 valence electrons.